The van der Waals surface area contributed by atoms with E-state index >= 15 is 0 Å². The van der Waals surface area contributed by atoms with Crippen LogP contribution in [0.5, 0.6) is 0 Å². The van der Waals surface area contributed by atoms with E-state index in [0.29, 0.717) is 24.8 Å². The summed E-state index contributed by atoms with van der Waals surface area (Å²) in [4.78, 5) is 10.9. The predicted molar refractivity (Wildman–Crippen MR) is 102 cm³/mol. The molecule has 8 nitrogen and oxygen atoms in total. The SMILES string of the molecule is CC(C)(C)OCc1cc(CNc2cc(N3CCCC(CO)C3)ncn2)no1. The summed E-state index contributed by atoms with van der Waals surface area (Å²) < 4.78 is 11.0. The lowest BCUT2D eigenvalue weighted by atomic mass is 9.99. The average Bonchev–Trinajstić information content (AvgIpc) is 3.12. The Bertz CT molecular complexity index is 728. The van der Waals surface area contributed by atoms with Crippen molar-refractivity contribution in [1.82, 2.24) is 15.1 Å². The van der Waals surface area contributed by atoms with Gasteiger partial charge < -0.3 is 24.6 Å². The van der Waals surface area contributed by atoms with Crippen molar-refractivity contribution >= 4 is 11.6 Å². The lowest BCUT2D eigenvalue weighted by Gasteiger charge is -2.32. The number of aromatic nitrogens is 3. The van der Waals surface area contributed by atoms with Crippen molar-refractivity contribution in [2.75, 3.05) is 29.9 Å². The maximum Gasteiger partial charge on any atom is 0.162 e. The molecule has 0 amide bonds. The maximum absolute atomic E-state index is 9.41. The van der Waals surface area contributed by atoms with Crippen molar-refractivity contribution in [3.63, 3.8) is 0 Å². The lowest BCUT2D eigenvalue weighted by Crippen LogP contribution is -2.37. The number of rotatable bonds is 7. The van der Waals surface area contributed by atoms with Gasteiger partial charge in [-0.3, -0.25) is 0 Å². The quantitative estimate of drug-likeness (QED) is 0.762. The summed E-state index contributed by atoms with van der Waals surface area (Å²) in [7, 11) is 0. The minimum atomic E-state index is -0.216. The third kappa shape index (κ3) is 5.90. The Morgan fingerprint density at radius 2 is 2.19 bits per heavy atom. The van der Waals surface area contributed by atoms with Gasteiger partial charge >= 0.3 is 0 Å². The van der Waals surface area contributed by atoms with Gasteiger partial charge in [0, 0.05) is 31.8 Å². The zero-order valence-electron chi connectivity index (χ0n) is 16.3. The van der Waals surface area contributed by atoms with Crippen LogP contribution in [0.2, 0.25) is 0 Å². The third-order valence-electron chi connectivity index (χ3n) is 4.46. The molecule has 1 fully saturated rings. The number of hydrogen-bond donors (Lipinski definition) is 2. The van der Waals surface area contributed by atoms with Crippen LogP contribution in [0.15, 0.2) is 23.0 Å². The van der Waals surface area contributed by atoms with Crippen LogP contribution in [0.4, 0.5) is 11.6 Å². The Hall–Kier alpha value is -2.19. The molecule has 0 aromatic carbocycles. The Morgan fingerprint density at radius 1 is 1.33 bits per heavy atom. The monoisotopic (exact) mass is 375 g/mol. The van der Waals surface area contributed by atoms with Gasteiger partial charge in [-0.2, -0.15) is 0 Å². The van der Waals surface area contributed by atoms with Crippen molar-refractivity contribution < 1.29 is 14.4 Å². The molecule has 2 aromatic rings. The number of anilines is 2. The first-order valence-corrected chi connectivity index (χ1v) is 9.43. The fourth-order valence-electron chi connectivity index (χ4n) is 3.01. The Labute approximate surface area is 159 Å². The van der Waals surface area contributed by atoms with Crippen LogP contribution < -0.4 is 10.2 Å². The number of nitrogens with one attached hydrogen (secondary N) is 1. The molecule has 3 rings (SSSR count). The normalized spacial score (nSPS) is 17.9. The Balaban J connectivity index is 1.55. The molecule has 27 heavy (non-hydrogen) atoms. The van der Waals surface area contributed by atoms with E-state index in [9.17, 15) is 5.11 Å². The van der Waals surface area contributed by atoms with Crippen molar-refractivity contribution in [2.24, 2.45) is 5.92 Å². The molecule has 0 bridgehead atoms. The molecule has 148 valence electrons. The summed E-state index contributed by atoms with van der Waals surface area (Å²) in [6.07, 6.45) is 3.69. The zero-order valence-corrected chi connectivity index (χ0v) is 16.3. The van der Waals surface area contributed by atoms with Crippen LogP contribution in [0.1, 0.15) is 45.1 Å². The Kier molecular flexibility index (Phi) is 6.28. The van der Waals surface area contributed by atoms with Crippen LogP contribution in [-0.2, 0) is 17.9 Å². The van der Waals surface area contributed by atoms with E-state index in [1.807, 2.05) is 32.9 Å². The van der Waals surface area contributed by atoms with E-state index in [-0.39, 0.29) is 12.2 Å². The molecule has 1 aliphatic rings. The van der Waals surface area contributed by atoms with Gasteiger partial charge in [-0.15, -0.1) is 0 Å². The van der Waals surface area contributed by atoms with Crippen molar-refractivity contribution in [2.45, 2.75) is 52.4 Å². The second kappa shape index (κ2) is 8.67. The molecular weight excluding hydrogens is 346 g/mol. The van der Waals surface area contributed by atoms with Gasteiger partial charge in [-0.1, -0.05) is 5.16 Å². The molecule has 1 atom stereocenters. The lowest BCUT2D eigenvalue weighted by molar-refractivity contribution is -0.0241. The van der Waals surface area contributed by atoms with Gasteiger partial charge in [-0.05, 0) is 39.5 Å². The number of aliphatic hydroxyl groups is 1. The first-order chi connectivity index (χ1) is 12.9. The summed E-state index contributed by atoms with van der Waals surface area (Å²) in [5.41, 5.74) is 0.576. The van der Waals surface area contributed by atoms with Gasteiger partial charge in [-0.25, -0.2) is 9.97 Å². The Morgan fingerprint density at radius 3 is 2.96 bits per heavy atom. The van der Waals surface area contributed by atoms with Gasteiger partial charge in [0.1, 0.15) is 30.3 Å². The van der Waals surface area contributed by atoms with Gasteiger partial charge in [0.25, 0.3) is 0 Å². The molecule has 1 aliphatic heterocycles. The highest BCUT2D eigenvalue weighted by molar-refractivity contribution is 5.48. The molecule has 0 radical (unpaired) electrons. The smallest absolute Gasteiger partial charge is 0.162 e. The highest BCUT2D eigenvalue weighted by Crippen LogP contribution is 2.22. The van der Waals surface area contributed by atoms with Gasteiger partial charge in [0.2, 0.25) is 0 Å². The maximum atomic E-state index is 9.41. The zero-order chi connectivity index (χ0) is 19.3. The average molecular weight is 375 g/mol. The van der Waals surface area contributed by atoms with Crippen molar-refractivity contribution in [3.8, 4) is 0 Å². The summed E-state index contributed by atoms with van der Waals surface area (Å²) in [6.45, 7) is 8.92. The number of piperidine rings is 1. The molecule has 3 heterocycles. The first-order valence-electron chi connectivity index (χ1n) is 9.43. The van der Waals surface area contributed by atoms with Crippen molar-refractivity contribution in [1.29, 1.82) is 0 Å². The summed E-state index contributed by atoms with van der Waals surface area (Å²) in [5.74, 6) is 2.63. The molecular formula is C19H29N5O3. The molecule has 2 aromatic heterocycles. The van der Waals surface area contributed by atoms with Gasteiger partial charge in [0.05, 0.1) is 12.1 Å². The molecule has 8 heteroatoms. The standard InChI is InChI=1S/C19H29N5O3/c1-19(2,3)26-12-16-7-15(23-27-16)9-20-17-8-18(22-13-21-17)24-6-4-5-14(10-24)11-25/h7-8,13-14,25H,4-6,9-12H2,1-3H3,(H,20,21,22). The minimum Gasteiger partial charge on any atom is -0.396 e. The largest absolute Gasteiger partial charge is 0.396 e. The highest BCUT2D eigenvalue weighted by atomic mass is 16.5. The van der Waals surface area contributed by atoms with E-state index < -0.39 is 0 Å². The van der Waals surface area contributed by atoms with Crippen LogP contribution in [0, 0.1) is 5.92 Å². The highest BCUT2D eigenvalue weighted by Gasteiger charge is 2.20. The fraction of sp³-hybridized carbons (Fsp3) is 0.632. The summed E-state index contributed by atoms with van der Waals surface area (Å²) >= 11 is 0. The van der Waals surface area contributed by atoms with E-state index in [1.165, 1.54) is 0 Å². The minimum absolute atomic E-state index is 0.216. The van der Waals surface area contributed by atoms with Gasteiger partial charge in [0.15, 0.2) is 5.76 Å². The number of nitrogens with zero attached hydrogens (tertiary/aromatic N) is 4. The molecule has 0 spiro atoms. The van der Waals surface area contributed by atoms with E-state index in [1.54, 1.807) is 6.33 Å². The van der Waals surface area contributed by atoms with Crippen LogP contribution in [-0.4, -0.2) is 45.5 Å². The van der Waals surface area contributed by atoms with E-state index in [0.717, 1.165) is 43.3 Å². The number of hydrogen-bond acceptors (Lipinski definition) is 8. The van der Waals surface area contributed by atoms with E-state index in [2.05, 4.69) is 25.3 Å². The molecule has 0 aliphatic carbocycles. The third-order valence-corrected chi connectivity index (χ3v) is 4.46. The second-order valence-corrected chi connectivity index (χ2v) is 7.94. The van der Waals surface area contributed by atoms with E-state index in [4.69, 9.17) is 9.26 Å². The first kappa shape index (κ1) is 19.6. The topological polar surface area (TPSA) is 96.5 Å². The second-order valence-electron chi connectivity index (χ2n) is 7.94. The predicted octanol–water partition coefficient (Wildman–Crippen LogP) is 2.60. The van der Waals surface area contributed by atoms with Crippen LogP contribution >= 0.6 is 0 Å². The molecule has 1 unspecified atom stereocenters. The fourth-order valence-corrected chi connectivity index (χ4v) is 3.01. The summed E-state index contributed by atoms with van der Waals surface area (Å²) in [5, 5.41) is 16.7. The number of ether oxygens (including phenoxy) is 1. The van der Waals surface area contributed by atoms with Crippen molar-refractivity contribution in [3.05, 3.63) is 29.9 Å². The molecule has 2 N–H and O–H groups in total. The number of aliphatic hydroxyl groups excluding tert-OH is 1. The molecule has 0 saturated carbocycles. The van der Waals surface area contributed by atoms with Crippen LogP contribution in [0.3, 0.4) is 0 Å². The summed E-state index contributed by atoms with van der Waals surface area (Å²) in [6, 6.07) is 3.82. The van der Waals surface area contributed by atoms with Crippen LogP contribution in [0.25, 0.3) is 0 Å². The molecule has 1 saturated heterocycles.